The average molecular weight is 818 g/mol. The van der Waals surface area contributed by atoms with Crippen LogP contribution in [0.25, 0.3) is 11.1 Å². The maximum atomic E-state index is 13.5. The van der Waals surface area contributed by atoms with Gasteiger partial charge >= 0.3 is 7.12 Å². The fourth-order valence-electron chi connectivity index (χ4n) is 8.82. The Morgan fingerprint density at radius 2 is 1.34 bits per heavy atom. The van der Waals surface area contributed by atoms with Crippen LogP contribution in [0.5, 0.6) is 0 Å². The predicted octanol–water partition coefficient (Wildman–Crippen LogP) is 1.73. The number of hydrogen-bond donors (Lipinski definition) is 8. The molecule has 3 aliphatic carbocycles. The SMILES string of the molecule is CCCCc1ccc(-c2ccc(C(=O)N[C@@H](CCN)C(=O)N[C@@H](CCN)C(=O)N[C@@H](C)C(=O)N[C@@H](CO)C(=O)N[C@@H](C)B3OC4C[C@@H]5C[C@@H](C5(C)C)[C@]4(C)O3)cc2)cc1. The highest BCUT2D eigenvalue weighted by molar-refractivity contribution is 6.47. The van der Waals surface area contributed by atoms with Gasteiger partial charge in [-0.15, -0.1) is 0 Å². The van der Waals surface area contributed by atoms with Crippen molar-refractivity contribution in [1.82, 2.24) is 26.6 Å². The van der Waals surface area contributed by atoms with Crippen molar-refractivity contribution in [3.63, 3.8) is 0 Å². The number of nitrogens with two attached hydrogens (primary N) is 2. The summed E-state index contributed by atoms with van der Waals surface area (Å²) in [6.45, 7) is 11.3. The molecule has 16 heteroatoms. The van der Waals surface area contributed by atoms with E-state index in [9.17, 15) is 29.1 Å². The minimum Gasteiger partial charge on any atom is -0.404 e. The van der Waals surface area contributed by atoms with Crippen LogP contribution in [0.4, 0.5) is 0 Å². The van der Waals surface area contributed by atoms with Gasteiger partial charge in [0.1, 0.15) is 24.2 Å². The molecule has 3 saturated carbocycles. The van der Waals surface area contributed by atoms with E-state index in [1.807, 2.05) is 12.1 Å². The van der Waals surface area contributed by atoms with E-state index in [0.717, 1.165) is 43.2 Å². The van der Waals surface area contributed by atoms with Gasteiger partial charge in [0.15, 0.2) is 0 Å². The summed E-state index contributed by atoms with van der Waals surface area (Å²) in [7, 11) is -0.694. The minimum absolute atomic E-state index is 0.0267. The third-order valence-electron chi connectivity index (χ3n) is 12.7. The van der Waals surface area contributed by atoms with Crippen LogP contribution in [0.2, 0.25) is 0 Å². The van der Waals surface area contributed by atoms with Crippen LogP contribution in [0.3, 0.4) is 0 Å². The molecule has 2 bridgehead atoms. The molecule has 0 aromatic heterocycles. The van der Waals surface area contributed by atoms with E-state index < -0.39 is 79.0 Å². The van der Waals surface area contributed by atoms with Crippen LogP contribution in [-0.2, 0) is 34.9 Å². The highest BCUT2D eigenvalue weighted by Gasteiger charge is 2.68. The first-order chi connectivity index (χ1) is 28.1. The summed E-state index contributed by atoms with van der Waals surface area (Å²) < 4.78 is 12.7. The van der Waals surface area contributed by atoms with E-state index >= 15 is 0 Å². The maximum Gasteiger partial charge on any atom is 0.481 e. The monoisotopic (exact) mass is 817 g/mol. The number of carbonyl (C=O) groups excluding carboxylic acids is 5. The standard InChI is InChI=1S/C43H64BN7O8/c1-7-8-9-27-10-12-28(13-11-27)29-14-16-30(17-15-29)38(54)49-33(19-21-46)40(56)50-32(18-20-45)39(55)47-25(2)37(53)51-34(24-52)41(57)48-26(3)44-58-36-23-31-22-35(42(31,4)5)43(36,6)59-44/h10-17,25-26,31-36,52H,7-9,18-24,45-46H2,1-6H3,(H,47,55)(H,48,57)(H,49,54)(H,50,56)(H,51,53)/t25-,26-,31-,32-,33-,34-,35-,36?,43-/m0/s1. The van der Waals surface area contributed by atoms with Crippen LogP contribution >= 0.6 is 0 Å². The first-order valence-electron chi connectivity index (χ1n) is 21.1. The molecule has 2 aromatic carbocycles. The zero-order valence-electron chi connectivity index (χ0n) is 35.3. The highest BCUT2D eigenvalue weighted by atomic mass is 16.7. The lowest BCUT2D eigenvalue weighted by Crippen LogP contribution is -2.65. The Labute approximate surface area is 348 Å². The number of rotatable bonds is 20. The number of aliphatic hydroxyl groups excluding tert-OH is 1. The second-order valence-electron chi connectivity index (χ2n) is 17.2. The van der Waals surface area contributed by atoms with Crippen molar-refractivity contribution in [3.8, 4) is 11.1 Å². The largest absolute Gasteiger partial charge is 0.481 e. The lowest BCUT2D eigenvalue weighted by molar-refractivity contribution is -0.199. The van der Waals surface area contributed by atoms with Crippen molar-refractivity contribution in [2.24, 2.45) is 28.7 Å². The molecule has 322 valence electrons. The third-order valence-corrected chi connectivity index (χ3v) is 12.7. The predicted molar refractivity (Wildman–Crippen MR) is 225 cm³/mol. The molecule has 0 radical (unpaired) electrons. The lowest BCUT2D eigenvalue weighted by Gasteiger charge is -2.64. The molecule has 4 aliphatic rings. The Morgan fingerprint density at radius 3 is 1.92 bits per heavy atom. The Bertz CT molecular complexity index is 1800. The van der Waals surface area contributed by atoms with E-state index in [2.05, 4.69) is 78.5 Å². The Morgan fingerprint density at radius 1 is 0.780 bits per heavy atom. The van der Waals surface area contributed by atoms with Gasteiger partial charge in [-0.05, 0) is 118 Å². The molecule has 1 saturated heterocycles. The first kappa shape index (κ1) is 45.7. The van der Waals surface area contributed by atoms with E-state index in [1.54, 1.807) is 19.1 Å². The van der Waals surface area contributed by atoms with Gasteiger partial charge in [-0.3, -0.25) is 24.0 Å². The fraction of sp³-hybridized carbons (Fsp3) is 0.605. The zero-order chi connectivity index (χ0) is 43.1. The summed E-state index contributed by atoms with van der Waals surface area (Å²) in [6.07, 6.45) is 5.31. The number of amides is 5. The quantitative estimate of drug-likeness (QED) is 0.0902. The van der Waals surface area contributed by atoms with E-state index in [1.165, 1.54) is 12.5 Å². The van der Waals surface area contributed by atoms with Crippen LogP contribution in [0.1, 0.15) is 96.0 Å². The van der Waals surface area contributed by atoms with Crippen molar-refractivity contribution in [1.29, 1.82) is 0 Å². The van der Waals surface area contributed by atoms with Crippen molar-refractivity contribution in [2.75, 3.05) is 19.7 Å². The molecule has 10 N–H and O–H groups in total. The topological polar surface area (TPSA) is 236 Å². The second-order valence-corrected chi connectivity index (χ2v) is 17.2. The number of carbonyl (C=O) groups is 5. The summed E-state index contributed by atoms with van der Waals surface area (Å²) >= 11 is 0. The summed E-state index contributed by atoms with van der Waals surface area (Å²) in [5.74, 6) is -2.89. The highest BCUT2D eigenvalue weighted by Crippen LogP contribution is 2.65. The Balaban J connectivity index is 1.11. The number of unbranched alkanes of at least 4 members (excludes halogenated alkanes) is 1. The van der Waals surface area contributed by atoms with Gasteiger partial charge in [-0.1, -0.05) is 63.6 Å². The van der Waals surface area contributed by atoms with Gasteiger partial charge in [0, 0.05) is 5.56 Å². The molecule has 1 aliphatic heterocycles. The minimum atomic E-state index is -1.33. The number of nitrogens with one attached hydrogen (secondary N) is 5. The van der Waals surface area contributed by atoms with Crippen molar-refractivity contribution in [3.05, 3.63) is 59.7 Å². The van der Waals surface area contributed by atoms with Gasteiger partial charge in [0.2, 0.25) is 23.6 Å². The van der Waals surface area contributed by atoms with Crippen LogP contribution in [-0.4, -0.2) is 103 Å². The molecule has 15 nitrogen and oxygen atoms in total. The number of hydrogen-bond acceptors (Lipinski definition) is 10. The Kier molecular flexibility index (Phi) is 15.4. The fourth-order valence-corrected chi connectivity index (χ4v) is 8.82. The number of aliphatic hydroxyl groups is 1. The summed E-state index contributed by atoms with van der Waals surface area (Å²) in [5.41, 5.74) is 14.9. The summed E-state index contributed by atoms with van der Waals surface area (Å²) in [4.78, 5) is 66.5. The van der Waals surface area contributed by atoms with E-state index in [0.29, 0.717) is 17.4 Å². The van der Waals surface area contributed by atoms with Gasteiger partial charge in [0.05, 0.1) is 24.3 Å². The summed E-state index contributed by atoms with van der Waals surface area (Å²) in [6, 6.07) is 10.7. The normalized spacial score (nSPS) is 23.9. The molecule has 1 unspecified atom stereocenters. The molecular weight excluding hydrogens is 753 g/mol. The van der Waals surface area contributed by atoms with Crippen molar-refractivity contribution >= 4 is 36.7 Å². The second kappa shape index (κ2) is 19.8. The van der Waals surface area contributed by atoms with Gasteiger partial charge in [-0.25, -0.2) is 0 Å². The summed E-state index contributed by atoms with van der Waals surface area (Å²) in [5, 5.41) is 23.2. The molecule has 6 rings (SSSR count). The zero-order valence-corrected chi connectivity index (χ0v) is 35.3. The number of benzene rings is 2. The van der Waals surface area contributed by atoms with Gasteiger partial charge in [-0.2, -0.15) is 0 Å². The van der Waals surface area contributed by atoms with Crippen LogP contribution in [0, 0.1) is 17.3 Å². The van der Waals surface area contributed by atoms with Gasteiger partial charge in [0.25, 0.3) is 5.91 Å². The molecule has 9 atom stereocenters. The van der Waals surface area contributed by atoms with E-state index in [4.69, 9.17) is 20.8 Å². The first-order valence-corrected chi connectivity index (χ1v) is 21.1. The molecule has 5 amide bonds. The maximum absolute atomic E-state index is 13.5. The molecule has 59 heavy (non-hydrogen) atoms. The van der Waals surface area contributed by atoms with Crippen molar-refractivity contribution in [2.45, 2.75) is 128 Å². The van der Waals surface area contributed by atoms with E-state index in [-0.39, 0.29) is 37.5 Å². The molecular formula is C43H64BN7O8. The average Bonchev–Trinajstić information content (AvgIpc) is 3.59. The van der Waals surface area contributed by atoms with Gasteiger partial charge < -0.3 is 52.5 Å². The molecule has 4 fully saturated rings. The lowest BCUT2D eigenvalue weighted by atomic mass is 9.43. The number of aryl methyl sites for hydroxylation is 1. The molecule has 2 aromatic rings. The smallest absolute Gasteiger partial charge is 0.404 e. The third kappa shape index (κ3) is 10.5. The van der Waals surface area contributed by atoms with Crippen LogP contribution in [0.15, 0.2) is 48.5 Å². The molecule has 0 spiro atoms. The Hall–Kier alpha value is -4.35. The molecule has 1 heterocycles. The van der Waals surface area contributed by atoms with Crippen molar-refractivity contribution < 1.29 is 38.4 Å². The van der Waals surface area contributed by atoms with Crippen LogP contribution < -0.4 is 38.1 Å².